The number of halogens is 1. The van der Waals surface area contributed by atoms with E-state index in [0.717, 1.165) is 64.5 Å². The highest BCUT2D eigenvalue weighted by Crippen LogP contribution is 2.24. The molecule has 1 fully saturated rings. The molecule has 1 unspecified atom stereocenters. The van der Waals surface area contributed by atoms with Crippen LogP contribution < -0.4 is 5.32 Å². The minimum atomic E-state index is -0.561. The molecule has 1 saturated carbocycles. The standard InChI is InChI=1S/C32H37ClN2O2S/c1-24-10-5-6-13-26(24)23-35(31(36)16-9-21-38-29-19-17-27(33)18-20-29)30(22-25-11-3-2-4-12-25)32(37)34-28-14-7-8-15-28/h2-6,10-13,17-20,28,30H,7-9,14-16,21-23H2,1H3,(H,34,37). The molecule has 1 atom stereocenters. The lowest BCUT2D eigenvalue weighted by molar-refractivity contribution is -0.141. The Balaban J connectivity index is 1.52. The molecular formula is C32H37ClN2O2S. The van der Waals surface area contributed by atoms with E-state index < -0.39 is 6.04 Å². The van der Waals surface area contributed by atoms with Crippen LogP contribution in [0.25, 0.3) is 0 Å². The zero-order valence-electron chi connectivity index (χ0n) is 22.1. The lowest BCUT2D eigenvalue weighted by Gasteiger charge is -2.33. The number of thioether (sulfide) groups is 1. The summed E-state index contributed by atoms with van der Waals surface area (Å²) in [7, 11) is 0. The van der Waals surface area contributed by atoms with Crippen molar-refractivity contribution in [1.29, 1.82) is 0 Å². The van der Waals surface area contributed by atoms with Crippen LogP contribution in [0.2, 0.25) is 5.02 Å². The van der Waals surface area contributed by atoms with E-state index in [-0.39, 0.29) is 17.9 Å². The zero-order chi connectivity index (χ0) is 26.7. The predicted octanol–water partition coefficient (Wildman–Crippen LogP) is 7.22. The molecule has 2 amide bonds. The van der Waals surface area contributed by atoms with Gasteiger partial charge < -0.3 is 10.2 Å². The first-order valence-corrected chi connectivity index (χ1v) is 14.9. The molecule has 4 rings (SSSR count). The number of nitrogens with zero attached hydrogens (tertiary/aromatic N) is 1. The van der Waals surface area contributed by atoms with Crippen LogP contribution in [0.5, 0.6) is 0 Å². The van der Waals surface area contributed by atoms with Crippen LogP contribution in [0.1, 0.15) is 55.2 Å². The second kappa shape index (κ2) is 14.4. The van der Waals surface area contributed by atoms with Crippen LogP contribution in [0.3, 0.4) is 0 Å². The van der Waals surface area contributed by atoms with E-state index in [2.05, 4.69) is 24.4 Å². The Bertz CT molecular complexity index is 1180. The molecule has 38 heavy (non-hydrogen) atoms. The Labute approximate surface area is 236 Å². The van der Waals surface area contributed by atoms with E-state index >= 15 is 0 Å². The molecule has 1 N–H and O–H groups in total. The molecule has 0 heterocycles. The predicted molar refractivity (Wildman–Crippen MR) is 157 cm³/mol. The molecule has 6 heteroatoms. The van der Waals surface area contributed by atoms with E-state index in [1.165, 1.54) is 0 Å². The highest BCUT2D eigenvalue weighted by atomic mass is 35.5. The summed E-state index contributed by atoms with van der Waals surface area (Å²) >= 11 is 7.72. The zero-order valence-corrected chi connectivity index (χ0v) is 23.6. The van der Waals surface area contributed by atoms with Crippen molar-refractivity contribution >= 4 is 35.2 Å². The SMILES string of the molecule is Cc1ccccc1CN(C(=O)CCCSc1ccc(Cl)cc1)C(Cc1ccccc1)C(=O)NC1CCCC1. The second-order valence-electron chi connectivity index (χ2n) is 10.0. The summed E-state index contributed by atoms with van der Waals surface area (Å²) in [6.45, 7) is 2.48. The summed E-state index contributed by atoms with van der Waals surface area (Å²) in [5.41, 5.74) is 3.25. The smallest absolute Gasteiger partial charge is 0.243 e. The van der Waals surface area contributed by atoms with Crippen molar-refractivity contribution in [2.75, 3.05) is 5.75 Å². The van der Waals surface area contributed by atoms with Gasteiger partial charge in [0.2, 0.25) is 11.8 Å². The van der Waals surface area contributed by atoms with Gasteiger partial charge in [0.15, 0.2) is 0 Å². The van der Waals surface area contributed by atoms with E-state index in [0.29, 0.717) is 19.4 Å². The fourth-order valence-corrected chi connectivity index (χ4v) is 5.96. The maximum atomic E-state index is 13.8. The third-order valence-electron chi connectivity index (χ3n) is 7.19. The van der Waals surface area contributed by atoms with Crippen LogP contribution in [0.15, 0.2) is 83.8 Å². The number of carbonyl (C=O) groups is 2. The molecule has 1 aliphatic carbocycles. The summed E-state index contributed by atoms with van der Waals surface area (Å²) in [6, 6.07) is 25.6. The van der Waals surface area contributed by atoms with Crippen molar-refractivity contribution in [2.24, 2.45) is 0 Å². The van der Waals surface area contributed by atoms with Crippen LogP contribution >= 0.6 is 23.4 Å². The van der Waals surface area contributed by atoms with Crippen molar-refractivity contribution < 1.29 is 9.59 Å². The topological polar surface area (TPSA) is 49.4 Å². The Morgan fingerprint density at radius 1 is 0.974 bits per heavy atom. The summed E-state index contributed by atoms with van der Waals surface area (Å²) in [6.07, 6.45) is 5.94. The normalized spacial score (nSPS) is 14.3. The maximum Gasteiger partial charge on any atom is 0.243 e. The van der Waals surface area contributed by atoms with Crippen LogP contribution in [-0.2, 0) is 22.6 Å². The van der Waals surface area contributed by atoms with Crippen molar-refractivity contribution in [3.8, 4) is 0 Å². The van der Waals surface area contributed by atoms with Gasteiger partial charge in [0.1, 0.15) is 6.04 Å². The summed E-state index contributed by atoms with van der Waals surface area (Å²) in [4.78, 5) is 30.5. The van der Waals surface area contributed by atoms with Gasteiger partial charge in [0.25, 0.3) is 0 Å². The second-order valence-corrected chi connectivity index (χ2v) is 11.7. The van der Waals surface area contributed by atoms with Crippen molar-refractivity contribution in [3.63, 3.8) is 0 Å². The first-order valence-electron chi connectivity index (χ1n) is 13.6. The fourth-order valence-electron chi connectivity index (χ4n) is 4.98. The van der Waals surface area contributed by atoms with Gasteiger partial charge in [0.05, 0.1) is 0 Å². The molecular weight excluding hydrogens is 512 g/mol. The van der Waals surface area contributed by atoms with Gasteiger partial charge >= 0.3 is 0 Å². The van der Waals surface area contributed by atoms with E-state index in [4.69, 9.17) is 11.6 Å². The first kappa shape index (κ1) is 28.3. The Kier molecular flexibility index (Phi) is 10.7. The molecule has 4 nitrogen and oxygen atoms in total. The van der Waals surface area contributed by atoms with E-state index in [1.807, 2.05) is 71.6 Å². The highest BCUT2D eigenvalue weighted by Gasteiger charge is 2.32. The molecule has 0 radical (unpaired) electrons. The number of hydrogen-bond acceptors (Lipinski definition) is 3. The van der Waals surface area contributed by atoms with Gasteiger partial charge in [-0.25, -0.2) is 0 Å². The molecule has 0 saturated heterocycles. The Hall–Kier alpha value is -2.76. The van der Waals surface area contributed by atoms with Crippen molar-refractivity contribution in [2.45, 2.75) is 75.4 Å². The van der Waals surface area contributed by atoms with Gasteiger partial charge in [-0.05, 0) is 72.9 Å². The number of amides is 2. The van der Waals surface area contributed by atoms with Crippen LogP contribution in [0, 0.1) is 6.92 Å². The van der Waals surface area contributed by atoms with Gasteiger partial charge in [-0.1, -0.05) is 79.0 Å². The number of aryl methyl sites for hydroxylation is 1. The molecule has 0 aliphatic heterocycles. The summed E-state index contributed by atoms with van der Waals surface area (Å²) in [5, 5.41) is 4.00. The largest absolute Gasteiger partial charge is 0.352 e. The minimum Gasteiger partial charge on any atom is -0.352 e. The van der Waals surface area contributed by atoms with E-state index in [1.54, 1.807) is 11.8 Å². The monoisotopic (exact) mass is 548 g/mol. The molecule has 0 bridgehead atoms. The average molecular weight is 549 g/mol. The summed E-state index contributed by atoms with van der Waals surface area (Å²) in [5.74, 6) is 0.800. The van der Waals surface area contributed by atoms with Gasteiger partial charge in [-0.3, -0.25) is 9.59 Å². The molecule has 0 spiro atoms. The Morgan fingerprint density at radius 2 is 1.66 bits per heavy atom. The number of nitrogens with one attached hydrogen (secondary N) is 1. The number of benzene rings is 3. The minimum absolute atomic E-state index is 0.0208. The van der Waals surface area contributed by atoms with Crippen LogP contribution in [0.4, 0.5) is 0 Å². The highest BCUT2D eigenvalue weighted by molar-refractivity contribution is 7.99. The van der Waals surface area contributed by atoms with Crippen molar-refractivity contribution in [3.05, 3.63) is 101 Å². The van der Waals surface area contributed by atoms with Gasteiger partial charge in [-0.2, -0.15) is 0 Å². The molecule has 1 aliphatic rings. The van der Waals surface area contributed by atoms with Gasteiger partial charge in [-0.15, -0.1) is 11.8 Å². The number of rotatable bonds is 12. The van der Waals surface area contributed by atoms with E-state index in [9.17, 15) is 9.59 Å². The fraction of sp³-hybridized carbons (Fsp3) is 0.375. The van der Waals surface area contributed by atoms with Crippen molar-refractivity contribution in [1.82, 2.24) is 10.2 Å². The average Bonchev–Trinajstić information content (AvgIpc) is 3.44. The Morgan fingerprint density at radius 3 is 2.37 bits per heavy atom. The number of hydrogen-bond donors (Lipinski definition) is 1. The lowest BCUT2D eigenvalue weighted by atomic mass is 10.0. The van der Waals surface area contributed by atoms with Gasteiger partial charge in [0, 0.05) is 35.3 Å². The third-order valence-corrected chi connectivity index (χ3v) is 8.54. The molecule has 3 aromatic carbocycles. The third kappa shape index (κ3) is 8.37. The maximum absolute atomic E-state index is 13.8. The quantitative estimate of drug-likeness (QED) is 0.192. The first-order chi connectivity index (χ1) is 18.5. The summed E-state index contributed by atoms with van der Waals surface area (Å²) < 4.78 is 0. The van der Waals surface area contributed by atoms with Crippen LogP contribution in [-0.4, -0.2) is 34.6 Å². The lowest BCUT2D eigenvalue weighted by Crippen LogP contribution is -2.52. The molecule has 200 valence electrons. The number of carbonyl (C=O) groups excluding carboxylic acids is 2. The molecule has 0 aromatic heterocycles. The molecule has 3 aromatic rings.